The first-order valence-corrected chi connectivity index (χ1v) is 12.5. The molecule has 0 spiro atoms. The van der Waals surface area contributed by atoms with Crippen LogP contribution in [0.4, 0.5) is 11.4 Å². The lowest BCUT2D eigenvalue weighted by Crippen LogP contribution is -2.49. The average Bonchev–Trinajstić information content (AvgIpc) is 3.31. The number of hydrogen-bond acceptors (Lipinski definition) is 3. The number of carbonyl (C=O) groups is 2. The Hall–Kier alpha value is -2.53. The average molecular weight is 468 g/mol. The highest BCUT2D eigenvalue weighted by atomic mass is 35.5. The van der Waals surface area contributed by atoms with Crippen molar-refractivity contribution < 1.29 is 9.59 Å². The summed E-state index contributed by atoms with van der Waals surface area (Å²) < 4.78 is 0. The van der Waals surface area contributed by atoms with Gasteiger partial charge in [-0.05, 0) is 60.7 Å². The number of nitrogens with one attached hydrogen (secondary N) is 1. The second kappa shape index (κ2) is 10.2. The second-order valence-electron chi connectivity index (χ2n) is 9.76. The third-order valence-electron chi connectivity index (χ3n) is 6.99. The molecule has 4 rings (SSSR count). The number of carbonyl (C=O) groups excluding carboxylic acids is 2. The van der Waals surface area contributed by atoms with Crippen LogP contribution in [0.15, 0.2) is 48.5 Å². The molecule has 0 radical (unpaired) electrons. The summed E-state index contributed by atoms with van der Waals surface area (Å²) >= 11 is 6.07. The molecule has 2 fully saturated rings. The maximum absolute atomic E-state index is 13.4. The molecule has 2 aromatic carbocycles. The van der Waals surface area contributed by atoms with Gasteiger partial charge in [0, 0.05) is 49.0 Å². The molecule has 1 N–H and O–H groups in total. The van der Waals surface area contributed by atoms with Gasteiger partial charge in [-0.3, -0.25) is 9.59 Å². The van der Waals surface area contributed by atoms with E-state index in [9.17, 15) is 9.59 Å². The largest absolute Gasteiger partial charge is 0.368 e. The smallest absolute Gasteiger partial charge is 0.235 e. The molecule has 6 heteroatoms. The fourth-order valence-corrected chi connectivity index (χ4v) is 5.22. The van der Waals surface area contributed by atoms with E-state index in [4.69, 9.17) is 11.6 Å². The third kappa shape index (κ3) is 5.35. The van der Waals surface area contributed by atoms with E-state index in [1.165, 1.54) is 0 Å². The Bertz CT molecular complexity index is 958. The lowest BCUT2D eigenvalue weighted by Gasteiger charge is -2.36. The predicted molar refractivity (Wildman–Crippen MR) is 135 cm³/mol. The first-order chi connectivity index (χ1) is 15.9. The highest BCUT2D eigenvalue weighted by molar-refractivity contribution is 6.30. The summed E-state index contributed by atoms with van der Waals surface area (Å²) in [4.78, 5) is 30.0. The van der Waals surface area contributed by atoms with E-state index in [0.717, 1.165) is 68.8 Å². The lowest BCUT2D eigenvalue weighted by molar-refractivity contribution is -0.132. The van der Waals surface area contributed by atoms with Crippen molar-refractivity contribution in [2.24, 2.45) is 5.92 Å². The maximum Gasteiger partial charge on any atom is 0.235 e. The summed E-state index contributed by atoms with van der Waals surface area (Å²) in [6, 6.07) is 15.8. The van der Waals surface area contributed by atoms with Gasteiger partial charge in [-0.1, -0.05) is 50.4 Å². The molecule has 0 unspecified atom stereocenters. The molecule has 1 heterocycles. The van der Waals surface area contributed by atoms with Crippen LogP contribution >= 0.6 is 11.6 Å². The molecule has 5 nitrogen and oxygen atoms in total. The Balaban J connectivity index is 1.38. The van der Waals surface area contributed by atoms with E-state index in [0.29, 0.717) is 17.4 Å². The van der Waals surface area contributed by atoms with Crippen molar-refractivity contribution in [3.63, 3.8) is 0 Å². The van der Waals surface area contributed by atoms with Crippen LogP contribution < -0.4 is 10.2 Å². The van der Waals surface area contributed by atoms with Gasteiger partial charge in [0.1, 0.15) is 0 Å². The zero-order valence-corrected chi connectivity index (χ0v) is 20.4. The van der Waals surface area contributed by atoms with Gasteiger partial charge < -0.3 is 15.1 Å². The fraction of sp³-hybridized carbons (Fsp3) is 0.481. The van der Waals surface area contributed by atoms with Crippen molar-refractivity contribution in [2.75, 3.05) is 36.4 Å². The third-order valence-corrected chi connectivity index (χ3v) is 7.25. The molecule has 0 bridgehead atoms. The van der Waals surface area contributed by atoms with Crippen molar-refractivity contribution >= 4 is 34.8 Å². The van der Waals surface area contributed by atoms with Gasteiger partial charge >= 0.3 is 0 Å². The number of nitrogens with zero attached hydrogens (tertiary/aromatic N) is 2. The summed E-state index contributed by atoms with van der Waals surface area (Å²) in [5, 5.41) is 3.85. The van der Waals surface area contributed by atoms with Gasteiger partial charge in [0.05, 0.1) is 5.41 Å². The Morgan fingerprint density at radius 3 is 2.12 bits per heavy atom. The summed E-state index contributed by atoms with van der Waals surface area (Å²) in [7, 11) is 0. The summed E-state index contributed by atoms with van der Waals surface area (Å²) in [5.74, 6) is 0.706. The van der Waals surface area contributed by atoms with Crippen LogP contribution in [0.5, 0.6) is 0 Å². The zero-order chi connectivity index (χ0) is 23.4. The first kappa shape index (κ1) is 23.6. The molecule has 2 amide bonds. The molecule has 0 aromatic heterocycles. The molecular weight excluding hydrogens is 434 g/mol. The predicted octanol–water partition coefficient (Wildman–Crippen LogP) is 5.49. The molecule has 0 atom stereocenters. The van der Waals surface area contributed by atoms with Gasteiger partial charge in [-0.2, -0.15) is 0 Å². The normalized spacial score (nSPS) is 17.9. The lowest BCUT2D eigenvalue weighted by atomic mass is 9.78. The van der Waals surface area contributed by atoms with Crippen LogP contribution in [0.1, 0.15) is 51.5 Å². The van der Waals surface area contributed by atoms with E-state index >= 15 is 0 Å². The van der Waals surface area contributed by atoms with Gasteiger partial charge in [0.2, 0.25) is 11.8 Å². The number of rotatable bonds is 6. The van der Waals surface area contributed by atoms with E-state index in [1.54, 1.807) is 0 Å². The van der Waals surface area contributed by atoms with Crippen LogP contribution in [-0.2, 0) is 15.0 Å². The molecule has 1 aliphatic heterocycles. The Morgan fingerprint density at radius 2 is 1.55 bits per heavy atom. The van der Waals surface area contributed by atoms with E-state index in [-0.39, 0.29) is 11.8 Å². The van der Waals surface area contributed by atoms with Crippen molar-refractivity contribution in [1.82, 2.24) is 4.90 Å². The van der Waals surface area contributed by atoms with Crippen molar-refractivity contribution in [3.8, 4) is 0 Å². The number of halogens is 1. The number of benzene rings is 2. The van der Waals surface area contributed by atoms with Crippen LogP contribution in [0.2, 0.25) is 5.02 Å². The number of anilines is 2. The van der Waals surface area contributed by atoms with Crippen LogP contribution in [0, 0.1) is 5.92 Å². The minimum Gasteiger partial charge on any atom is -0.368 e. The van der Waals surface area contributed by atoms with Gasteiger partial charge in [0.25, 0.3) is 0 Å². The van der Waals surface area contributed by atoms with Crippen molar-refractivity contribution in [1.29, 1.82) is 0 Å². The topological polar surface area (TPSA) is 52.7 Å². The molecule has 2 aliphatic rings. The Kier molecular flexibility index (Phi) is 7.28. The minimum atomic E-state index is -0.484. The standard InChI is InChI=1S/C27H34ClN3O2/c1-20(2)19-25(32)31-17-15-30(16-18-31)24-11-9-23(10-12-24)29-26(33)27(13-3-4-14-27)21-5-7-22(28)8-6-21/h5-12,20H,3-4,13-19H2,1-2H3,(H,29,33). The van der Waals surface area contributed by atoms with E-state index in [2.05, 4.69) is 36.2 Å². The van der Waals surface area contributed by atoms with Crippen LogP contribution in [-0.4, -0.2) is 42.9 Å². The summed E-state index contributed by atoms with van der Waals surface area (Å²) in [5.41, 5.74) is 2.50. The molecule has 2 aromatic rings. The molecule has 1 aliphatic carbocycles. The molecule has 176 valence electrons. The number of amides is 2. The van der Waals surface area contributed by atoms with Crippen molar-refractivity contribution in [3.05, 3.63) is 59.1 Å². The van der Waals surface area contributed by atoms with E-state index < -0.39 is 5.41 Å². The molecule has 33 heavy (non-hydrogen) atoms. The van der Waals surface area contributed by atoms with Crippen LogP contribution in [0.25, 0.3) is 0 Å². The number of hydrogen-bond donors (Lipinski definition) is 1. The Morgan fingerprint density at radius 1 is 0.939 bits per heavy atom. The fourth-order valence-electron chi connectivity index (χ4n) is 5.09. The van der Waals surface area contributed by atoms with Gasteiger partial charge in [-0.25, -0.2) is 0 Å². The summed E-state index contributed by atoms with van der Waals surface area (Å²) in [6.45, 7) is 7.34. The maximum atomic E-state index is 13.4. The van der Waals surface area contributed by atoms with Gasteiger partial charge in [-0.15, -0.1) is 0 Å². The number of piperazine rings is 1. The van der Waals surface area contributed by atoms with E-state index in [1.807, 2.05) is 41.3 Å². The molecule has 1 saturated heterocycles. The highest BCUT2D eigenvalue weighted by Gasteiger charge is 2.42. The minimum absolute atomic E-state index is 0.0624. The molecular formula is C27H34ClN3O2. The Labute approximate surface area is 202 Å². The molecule has 1 saturated carbocycles. The quantitative estimate of drug-likeness (QED) is 0.611. The first-order valence-electron chi connectivity index (χ1n) is 12.1. The highest BCUT2D eigenvalue weighted by Crippen LogP contribution is 2.42. The van der Waals surface area contributed by atoms with Crippen LogP contribution in [0.3, 0.4) is 0 Å². The summed E-state index contributed by atoms with van der Waals surface area (Å²) in [6.07, 6.45) is 4.45. The van der Waals surface area contributed by atoms with Crippen molar-refractivity contribution in [2.45, 2.75) is 51.4 Å². The SMILES string of the molecule is CC(C)CC(=O)N1CCN(c2ccc(NC(=O)C3(c4ccc(Cl)cc4)CCCC3)cc2)CC1. The second-order valence-corrected chi connectivity index (χ2v) is 10.2. The van der Waals surface area contributed by atoms with Gasteiger partial charge in [0.15, 0.2) is 0 Å². The zero-order valence-electron chi connectivity index (χ0n) is 19.6. The monoisotopic (exact) mass is 467 g/mol.